The molecule has 2 rings (SSSR count). The Morgan fingerprint density at radius 2 is 1.86 bits per heavy atom. The molecule has 0 N–H and O–H groups in total. The van der Waals surface area contributed by atoms with Gasteiger partial charge >= 0.3 is 0 Å². The number of benzene rings is 1. The smallest absolute Gasteiger partial charge is 0.00579 e. The van der Waals surface area contributed by atoms with Crippen LogP contribution < -0.4 is 0 Å². The third kappa shape index (κ3) is 1.39. The Morgan fingerprint density at radius 3 is 2.50 bits per heavy atom. The first-order chi connectivity index (χ1) is 6.59. The quantitative estimate of drug-likeness (QED) is 0.620. The average molecular weight is 186 g/mol. The lowest BCUT2D eigenvalue weighted by molar-refractivity contribution is 0.861. The number of hydrogen-bond acceptors (Lipinski definition) is 0. The molecule has 0 fully saturated rings. The van der Waals surface area contributed by atoms with Crippen LogP contribution in [0.4, 0.5) is 0 Å². The predicted molar refractivity (Wildman–Crippen MR) is 62.6 cm³/mol. The molecule has 0 radical (unpaired) electrons. The molecule has 0 spiro atoms. The van der Waals surface area contributed by atoms with Crippen LogP contribution in [0.15, 0.2) is 17.7 Å². The van der Waals surface area contributed by atoms with Crippen molar-refractivity contribution in [1.29, 1.82) is 0 Å². The molecule has 0 unspecified atom stereocenters. The molecule has 0 nitrogen and oxygen atoms in total. The fourth-order valence-corrected chi connectivity index (χ4v) is 2.28. The van der Waals surface area contributed by atoms with E-state index < -0.39 is 0 Å². The van der Waals surface area contributed by atoms with E-state index in [1.165, 1.54) is 22.3 Å². The van der Waals surface area contributed by atoms with Gasteiger partial charge in [-0.15, -0.1) is 0 Å². The molecule has 0 aromatic heterocycles. The molecule has 0 saturated carbocycles. The van der Waals surface area contributed by atoms with Crippen molar-refractivity contribution in [3.63, 3.8) is 0 Å². The van der Waals surface area contributed by atoms with Crippen LogP contribution in [0, 0.1) is 6.92 Å². The molecule has 74 valence electrons. The van der Waals surface area contributed by atoms with Crippen LogP contribution in [-0.4, -0.2) is 0 Å². The lowest BCUT2D eigenvalue weighted by Gasteiger charge is -2.13. The van der Waals surface area contributed by atoms with Crippen LogP contribution in [0.2, 0.25) is 0 Å². The first-order valence-electron chi connectivity index (χ1n) is 5.39. The van der Waals surface area contributed by atoms with Crippen LogP contribution in [0.5, 0.6) is 0 Å². The van der Waals surface area contributed by atoms with Crippen LogP contribution in [-0.2, 0) is 6.42 Å². The van der Waals surface area contributed by atoms with Gasteiger partial charge < -0.3 is 0 Å². The summed E-state index contributed by atoms with van der Waals surface area (Å²) in [4.78, 5) is 0. The maximum Gasteiger partial charge on any atom is -0.00579 e. The number of allylic oxidation sites excluding steroid dienone is 1. The SMILES string of the molecule is CC1=Cc2c(C(C)C)ccc(C)c2C1. The van der Waals surface area contributed by atoms with Gasteiger partial charge in [0.1, 0.15) is 0 Å². The molecule has 1 aliphatic carbocycles. The lowest BCUT2D eigenvalue weighted by Crippen LogP contribution is -1.96. The molecule has 0 aliphatic heterocycles. The number of aryl methyl sites for hydroxylation is 1. The van der Waals surface area contributed by atoms with Crippen LogP contribution in [0.3, 0.4) is 0 Å². The van der Waals surface area contributed by atoms with E-state index in [4.69, 9.17) is 0 Å². The van der Waals surface area contributed by atoms with Crippen LogP contribution in [0.1, 0.15) is 48.9 Å². The molecule has 1 aromatic rings. The summed E-state index contributed by atoms with van der Waals surface area (Å²) in [5.41, 5.74) is 7.49. The zero-order chi connectivity index (χ0) is 10.3. The van der Waals surface area contributed by atoms with E-state index in [-0.39, 0.29) is 0 Å². The molecule has 0 amide bonds. The van der Waals surface area contributed by atoms with Crippen molar-refractivity contribution in [1.82, 2.24) is 0 Å². The van der Waals surface area contributed by atoms with E-state index in [2.05, 4.69) is 45.9 Å². The second-order valence-electron chi connectivity index (χ2n) is 4.69. The highest BCUT2D eigenvalue weighted by atomic mass is 14.2. The van der Waals surface area contributed by atoms with Crippen LogP contribution >= 0.6 is 0 Å². The third-order valence-corrected chi connectivity index (χ3v) is 3.09. The van der Waals surface area contributed by atoms with Gasteiger partial charge in [-0.3, -0.25) is 0 Å². The fraction of sp³-hybridized carbons (Fsp3) is 0.429. The highest BCUT2D eigenvalue weighted by Gasteiger charge is 2.16. The van der Waals surface area contributed by atoms with E-state index in [0.29, 0.717) is 5.92 Å². The van der Waals surface area contributed by atoms with Gasteiger partial charge in [0, 0.05) is 0 Å². The van der Waals surface area contributed by atoms with Crippen molar-refractivity contribution in [2.24, 2.45) is 0 Å². The Kier molecular flexibility index (Phi) is 2.22. The zero-order valence-corrected chi connectivity index (χ0v) is 9.52. The van der Waals surface area contributed by atoms with Gasteiger partial charge in [-0.2, -0.15) is 0 Å². The van der Waals surface area contributed by atoms with Crippen molar-refractivity contribution < 1.29 is 0 Å². The van der Waals surface area contributed by atoms with Crippen molar-refractivity contribution in [2.75, 3.05) is 0 Å². The van der Waals surface area contributed by atoms with Crippen molar-refractivity contribution in [2.45, 2.75) is 40.0 Å². The Hall–Kier alpha value is -1.04. The van der Waals surface area contributed by atoms with E-state index in [9.17, 15) is 0 Å². The second-order valence-corrected chi connectivity index (χ2v) is 4.69. The molecule has 0 bridgehead atoms. The summed E-state index contributed by atoms with van der Waals surface area (Å²) in [5, 5.41) is 0. The molecule has 1 aliphatic rings. The molecule has 0 heteroatoms. The van der Waals surface area contributed by atoms with Gasteiger partial charge in [-0.05, 0) is 48.4 Å². The normalized spacial score (nSPS) is 14.5. The predicted octanol–water partition coefficient (Wildman–Crippen LogP) is 4.08. The monoisotopic (exact) mass is 186 g/mol. The molecular weight excluding hydrogens is 168 g/mol. The first kappa shape index (κ1) is 9.51. The highest BCUT2D eigenvalue weighted by Crippen LogP contribution is 2.33. The standard InChI is InChI=1S/C14H18/c1-9(2)12-6-5-11(4)13-7-10(3)8-14(12)13/h5-6,8-9H,7H2,1-4H3. The van der Waals surface area contributed by atoms with Crippen LogP contribution in [0.25, 0.3) is 6.08 Å². The van der Waals surface area contributed by atoms with E-state index in [1.807, 2.05) is 0 Å². The minimum absolute atomic E-state index is 0.631. The second kappa shape index (κ2) is 3.27. The number of rotatable bonds is 1. The minimum Gasteiger partial charge on any atom is -0.0683 e. The molecule has 14 heavy (non-hydrogen) atoms. The van der Waals surface area contributed by atoms with Gasteiger partial charge in [-0.25, -0.2) is 0 Å². The Morgan fingerprint density at radius 1 is 1.14 bits per heavy atom. The molecular formula is C14H18. The number of hydrogen-bond donors (Lipinski definition) is 0. The minimum atomic E-state index is 0.631. The first-order valence-corrected chi connectivity index (χ1v) is 5.39. The summed E-state index contributed by atoms with van der Waals surface area (Å²) in [6.07, 6.45) is 3.51. The lowest BCUT2D eigenvalue weighted by atomic mass is 9.92. The molecule has 0 atom stereocenters. The van der Waals surface area contributed by atoms with E-state index >= 15 is 0 Å². The van der Waals surface area contributed by atoms with E-state index in [1.54, 1.807) is 5.56 Å². The maximum absolute atomic E-state index is 2.36. The van der Waals surface area contributed by atoms with Gasteiger partial charge in [0.2, 0.25) is 0 Å². The summed E-state index contributed by atoms with van der Waals surface area (Å²) in [7, 11) is 0. The zero-order valence-electron chi connectivity index (χ0n) is 9.52. The fourth-order valence-electron chi connectivity index (χ4n) is 2.28. The summed E-state index contributed by atoms with van der Waals surface area (Å²) in [6, 6.07) is 4.55. The molecule has 0 saturated heterocycles. The van der Waals surface area contributed by atoms with Crippen molar-refractivity contribution in [3.8, 4) is 0 Å². The van der Waals surface area contributed by atoms with Crippen molar-refractivity contribution in [3.05, 3.63) is 40.0 Å². The molecule has 1 aromatic carbocycles. The van der Waals surface area contributed by atoms with E-state index in [0.717, 1.165) is 6.42 Å². The highest BCUT2D eigenvalue weighted by molar-refractivity contribution is 5.68. The van der Waals surface area contributed by atoms with Gasteiger partial charge in [0.05, 0.1) is 0 Å². The Labute approximate surface area is 86.7 Å². The summed E-state index contributed by atoms with van der Waals surface area (Å²) >= 11 is 0. The largest absolute Gasteiger partial charge is 0.0683 e. The Bertz CT molecular complexity index is 395. The van der Waals surface area contributed by atoms with Gasteiger partial charge in [0.15, 0.2) is 0 Å². The van der Waals surface area contributed by atoms with Gasteiger partial charge in [0.25, 0.3) is 0 Å². The summed E-state index contributed by atoms with van der Waals surface area (Å²) in [6.45, 7) is 8.98. The summed E-state index contributed by atoms with van der Waals surface area (Å²) < 4.78 is 0. The van der Waals surface area contributed by atoms with Crippen molar-refractivity contribution >= 4 is 6.08 Å². The topological polar surface area (TPSA) is 0 Å². The Balaban J connectivity index is 2.61. The third-order valence-electron chi connectivity index (χ3n) is 3.09. The van der Waals surface area contributed by atoms with Gasteiger partial charge in [-0.1, -0.05) is 37.6 Å². The number of fused-ring (bicyclic) bond motifs is 1. The molecule has 0 heterocycles. The maximum atomic E-state index is 2.36. The summed E-state index contributed by atoms with van der Waals surface area (Å²) in [5.74, 6) is 0.631. The average Bonchev–Trinajstić information content (AvgIpc) is 2.47.